The highest BCUT2D eigenvalue weighted by Crippen LogP contribution is 2.21. The van der Waals surface area contributed by atoms with Crippen molar-refractivity contribution in [1.29, 1.82) is 0 Å². The number of amides is 1. The number of halogens is 1. The summed E-state index contributed by atoms with van der Waals surface area (Å²) in [5.74, 6) is 0.700. The molecule has 1 heterocycles. The fraction of sp³-hybridized carbons (Fsp3) is 0.462. The van der Waals surface area contributed by atoms with E-state index in [1.807, 2.05) is 36.2 Å². The summed E-state index contributed by atoms with van der Waals surface area (Å²) in [5, 5.41) is 3.20. The van der Waals surface area contributed by atoms with Crippen molar-refractivity contribution in [2.24, 2.45) is 0 Å². The van der Waals surface area contributed by atoms with E-state index in [4.69, 9.17) is 4.74 Å². The molecule has 1 aliphatic rings. The molecule has 0 spiro atoms. The minimum atomic E-state index is 0. The van der Waals surface area contributed by atoms with Crippen LogP contribution in [0.5, 0.6) is 5.75 Å². The van der Waals surface area contributed by atoms with Crippen LogP contribution in [0.15, 0.2) is 24.3 Å². The molecular weight excluding hydrogens is 252 g/mol. The quantitative estimate of drug-likeness (QED) is 0.906. The molecule has 0 aromatic heterocycles. The van der Waals surface area contributed by atoms with Crippen LogP contribution < -0.4 is 10.1 Å². The lowest BCUT2D eigenvalue weighted by Gasteiger charge is -2.17. The molecule has 1 aliphatic heterocycles. The average molecular weight is 271 g/mol. The highest BCUT2D eigenvalue weighted by atomic mass is 35.5. The van der Waals surface area contributed by atoms with Crippen molar-refractivity contribution in [3.63, 3.8) is 0 Å². The van der Waals surface area contributed by atoms with E-state index in [0.717, 1.165) is 19.5 Å². The van der Waals surface area contributed by atoms with E-state index in [-0.39, 0.29) is 18.3 Å². The molecule has 1 aromatic carbocycles. The van der Waals surface area contributed by atoms with E-state index in [9.17, 15) is 4.79 Å². The number of benzene rings is 1. The number of nitrogens with zero attached hydrogens (tertiary/aromatic N) is 1. The van der Waals surface area contributed by atoms with Gasteiger partial charge in [-0.05, 0) is 25.6 Å². The Morgan fingerprint density at radius 2 is 2.17 bits per heavy atom. The molecule has 0 bridgehead atoms. The van der Waals surface area contributed by atoms with Crippen LogP contribution in [0.4, 0.5) is 0 Å². The van der Waals surface area contributed by atoms with Gasteiger partial charge in [0.15, 0.2) is 0 Å². The van der Waals surface area contributed by atoms with Crippen LogP contribution in [0.25, 0.3) is 0 Å². The molecular formula is C13H19ClN2O2. The normalized spacial score (nSPS) is 18.3. The van der Waals surface area contributed by atoms with Crippen LogP contribution in [-0.4, -0.2) is 44.1 Å². The van der Waals surface area contributed by atoms with Crippen molar-refractivity contribution in [2.45, 2.75) is 12.5 Å². The van der Waals surface area contributed by atoms with E-state index < -0.39 is 0 Å². The summed E-state index contributed by atoms with van der Waals surface area (Å²) in [4.78, 5) is 14.2. The fourth-order valence-electron chi connectivity index (χ4n) is 2.17. The fourth-order valence-corrected chi connectivity index (χ4v) is 2.17. The lowest BCUT2D eigenvalue weighted by atomic mass is 10.2. The van der Waals surface area contributed by atoms with Gasteiger partial charge in [-0.2, -0.15) is 0 Å². The predicted octanol–water partition coefficient (Wildman–Crippen LogP) is 1.55. The van der Waals surface area contributed by atoms with Gasteiger partial charge in [-0.1, -0.05) is 12.1 Å². The molecule has 100 valence electrons. The minimum Gasteiger partial charge on any atom is -0.496 e. The monoisotopic (exact) mass is 270 g/mol. The largest absolute Gasteiger partial charge is 0.496 e. The number of nitrogens with one attached hydrogen (secondary N) is 1. The van der Waals surface area contributed by atoms with Crippen molar-refractivity contribution < 1.29 is 9.53 Å². The molecule has 1 fully saturated rings. The van der Waals surface area contributed by atoms with Crippen LogP contribution >= 0.6 is 12.4 Å². The number of ether oxygens (including phenoxy) is 1. The van der Waals surface area contributed by atoms with Gasteiger partial charge in [-0.25, -0.2) is 0 Å². The predicted molar refractivity (Wildman–Crippen MR) is 73.6 cm³/mol. The van der Waals surface area contributed by atoms with Gasteiger partial charge >= 0.3 is 0 Å². The molecule has 2 rings (SSSR count). The molecule has 0 aliphatic carbocycles. The zero-order chi connectivity index (χ0) is 12.3. The SMILES string of the molecule is CNC1CCN(C(=O)c2ccccc2OC)C1.Cl. The van der Waals surface area contributed by atoms with Crippen LogP contribution in [-0.2, 0) is 0 Å². The van der Waals surface area contributed by atoms with Gasteiger partial charge in [0.25, 0.3) is 5.91 Å². The van der Waals surface area contributed by atoms with Crippen molar-refractivity contribution in [3.05, 3.63) is 29.8 Å². The molecule has 1 unspecified atom stereocenters. The number of rotatable bonds is 3. The number of hydrogen-bond acceptors (Lipinski definition) is 3. The summed E-state index contributed by atoms with van der Waals surface area (Å²) in [7, 11) is 3.52. The number of carbonyl (C=O) groups excluding carboxylic acids is 1. The molecule has 1 amide bonds. The molecule has 1 N–H and O–H groups in total. The molecule has 1 saturated heterocycles. The lowest BCUT2D eigenvalue weighted by Crippen LogP contribution is -2.33. The first-order chi connectivity index (χ1) is 8.26. The van der Waals surface area contributed by atoms with E-state index in [1.54, 1.807) is 7.11 Å². The van der Waals surface area contributed by atoms with Gasteiger partial charge in [0, 0.05) is 19.1 Å². The Kier molecular flexibility index (Phi) is 5.44. The maximum absolute atomic E-state index is 12.3. The Morgan fingerprint density at radius 3 is 2.78 bits per heavy atom. The Morgan fingerprint density at radius 1 is 1.44 bits per heavy atom. The van der Waals surface area contributed by atoms with Crippen molar-refractivity contribution in [1.82, 2.24) is 10.2 Å². The summed E-state index contributed by atoms with van der Waals surface area (Å²) in [6.07, 6.45) is 1.01. The van der Waals surface area contributed by atoms with Gasteiger partial charge < -0.3 is 15.0 Å². The molecule has 0 radical (unpaired) electrons. The van der Waals surface area contributed by atoms with Crippen LogP contribution in [0, 0.1) is 0 Å². The van der Waals surface area contributed by atoms with E-state index >= 15 is 0 Å². The van der Waals surface area contributed by atoms with E-state index in [1.165, 1.54) is 0 Å². The van der Waals surface area contributed by atoms with Gasteiger partial charge in [-0.15, -0.1) is 12.4 Å². The number of likely N-dealkylation sites (tertiary alicyclic amines) is 1. The summed E-state index contributed by atoms with van der Waals surface area (Å²) in [5.41, 5.74) is 0.645. The highest BCUT2D eigenvalue weighted by molar-refractivity contribution is 5.97. The number of hydrogen-bond donors (Lipinski definition) is 1. The van der Waals surface area contributed by atoms with E-state index in [2.05, 4.69) is 5.32 Å². The Balaban J connectivity index is 0.00000162. The van der Waals surface area contributed by atoms with Crippen molar-refractivity contribution >= 4 is 18.3 Å². The molecule has 1 aromatic rings. The second-order valence-electron chi connectivity index (χ2n) is 4.23. The third-order valence-corrected chi connectivity index (χ3v) is 3.22. The molecule has 4 nitrogen and oxygen atoms in total. The van der Waals surface area contributed by atoms with E-state index in [0.29, 0.717) is 17.4 Å². The van der Waals surface area contributed by atoms with Crippen LogP contribution in [0.1, 0.15) is 16.8 Å². The smallest absolute Gasteiger partial charge is 0.257 e. The molecule has 1 atom stereocenters. The zero-order valence-corrected chi connectivity index (χ0v) is 11.5. The summed E-state index contributed by atoms with van der Waals surface area (Å²) < 4.78 is 5.22. The van der Waals surface area contributed by atoms with Crippen LogP contribution in [0.2, 0.25) is 0 Å². The first-order valence-corrected chi connectivity index (χ1v) is 5.86. The minimum absolute atomic E-state index is 0. The second kappa shape index (κ2) is 6.61. The van der Waals surface area contributed by atoms with Crippen molar-refractivity contribution in [3.8, 4) is 5.75 Å². The van der Waals surface area contributed by atoms with Gasteiger partial charge in [0.1, 0.15) is 5.75 Å². The first kappa shape index (κ1) is 14.8. The van der Waals surface area contributed by atoms with Gasteiger partial charge in [0.2, 0.25) is 0 Å². The third kappa shape index (κ3) is 2.94. The lowest BCUT2D eigenvalue weighted by molar-refractivity contribution is 0.0786. The topological polar surface area (TPSA) is 41.6 Å². The Bertz CT molecular complexity index is 412. The maximum Gasteiger partial charge on any atom is 0.257 e. The van der Waals surface area contributed by atoms with Crippen LogP contribution in [0.3, 0.4) is 0 Å². The zero-order valence-electron chi connectivity index (χ0n) is 10.7. The summed E-state index contributed by atoms with van der Waals surface area (Å²) in [6, 6.07) is 7.78. The first-order valence-electron chi connectivity index (χ1n) is 5.86. The second-order valence-corrected chi connectivity index (χ2v) is 4.23. The molecule has 5 heteroatoms. The molecule has 0 saturated carbocycles. The summed E-state index contributed by atoms with van der Waals surface area (Å²) >= 11 is 0. The average Bonchev–Trinajstić information content (AvgIpc) is 2.86. The Hall–Kier alpha value is -1.26. The number of carbonyl (C=O) groups is 1. The maximum atomic E-state index is 12.3. The Labute approximate surface area is 114 Å². The number of methoxy groups -OCH3 is 1. The standard InChI is InChI=1S/C13H18N2O2.ClH/c1-14-10-7-8-15(9-10)13(16)11-5-3-4-6-12(11)17-2;/h3-6,10,14H,7-9H2,1-2H3;1H. The van der Waals surface area contributed by atoms with Crippen molar-refractivity contribution in [2.75, 3.05) is 27.2 Å². The molecule has 18 heavy (non-hydrogen) atoms. The highest BCUT2D eigenvalue weighted by Gasteiger charge is 2.27. The van der Waals surface area contributed by atoms with Gasteiger partial charge in [0.05, 0.1) is 12.7 Å². The number of para-hydroxylation sites is 1. The summed E-state index contributed by atoms with van der Waals surface area (Å²) in [6.45, 7) is 1.58. The van der Waals surface area contributed by atoms with Gasteiger partial charge in [-0.3, -0.25) is 4.79 Å². The third-order valence-electron chi connectivity index (χ3n) is 3.22. The number of likely N-dealkylation sites (N-methyl/N-ethyl adjacent to an activating group) is 1.